The standard InChI is InChI=1S/C11H14N2O.C11H16N2.C4H8O/c1-13-6-2-3-8-7-9(12)4-5-10(8)11(13)14;1-13-6-2-3-9-7-11(12)5-4-10(9)8-13;1-2-4-5-3-1/h4-5,7H,2-3,6,12H2,1H3;4-5,7H,2-3,6,8,12H2,1H3;1-4H2. The molecule has 0 atom stereocenters. The lowest BCUT2D eigenvalue weighted by Crippen LogP contribution is -2.26. The maximum absolute atomic E-state index is 11.8. The van der Waals surface area contributed by atoms with E-state index in [1.165, 1.54) is 43.4 Å². The van der Waals surface area contributed by atoms with Gasteiger partial charge in [0.25, 0.3) is 5.91 Å². The molecule has 1 amide bonds. The van der Waals surface area contributed by atoms with Crippen molar-refractivity contribution in [2.75, 3.05) is 51.9 Å². The fraction of sp³-hybridized carbons (Fsp3) is 0.500. The Labute approximate surface area is 192 Å². The summed E-state index contributed by atoms with van der Waals surface area (Å²) in [6.45, 7) is 5.08. The van der Waals surface area contributed by atoms with E-state index in [-0.39, 0.29) is 5.91 Å². The molecular formula is C26H38N4O2. The minimum absolute atomic E-state index is 0.109. The number of fused-ring (bicyclic) bond motifs is 2. The van der Waals surface area contributed by atoms with Crippen LogP contribution in [0.4, 0.5) is 11.4 Å². The van der Waals surface area contributed by atoms with Crippen molar-refractivity contribution in [3.8, 4) is 0 Å². The van der Waals surface area contributed by atoms with E-state index in [1.807, 2.05) is 25.2 Å². The Morgan fingerprint density at radius 1 is 0.781 bits per heavy atom. The number of amides is 1. The topological polar surface area (TPSA) is 84.8 Å². The largest absolute Gasteiger partial charge is 0.399 e. The minimum Gasteiger partial charge on any atom is -0.399 e. The number of nitrogens with zero attached hydrogens (tertiary/aromatic N) is 2. The zero-order valence-corrected chi connectivity index (χ0v) is 19.6. The van der Waals surface area contributed by atoms with Gasteiger partial charge < -0.3 is 26.0 Å². The first-order chi connectivity index (χ1) is 15.4. The van der Waals surface area contributed by atoms with Crippen molar-refractivity contribution in [1.82, 2.24) is 9.80 Å². The van der Waals surface area contributed by atoms with E-state index < -0.39 is 0 Å². The first kappa shape index (κ1) is 24.1. The normalized spacial score (nSPS) is 18.2. The van der Waals surface area contributed by atoms with Crippen molar-refractivity contribution in [2.45, 2.75) is 45.1 Å². The summed E-state index contributed by atoms with van der Waals surface area (Å²) in [6, 6.07) is 11.8. The predicted octanol–water partition coefficient (Wildman–Crippen LogP) is 3.73. The second-order valence-corrected chi connectivity index (χ2v) is 8.94. The van der Waals surface area contributed by atoms with Crippen LogP contribution in [-0.4, -0.2) is 56.1 Å². The maximum Gasteiger partial charge on any atom is 0.253 e. The third-order valence-corrected chi connectivity index (χ3v) is 6.13. The molecule has 4 N–H and O–H groups in total. The quantitative estimate of drug-likeness (QED) is 0.612. The van der Waals surface area contributed by atoms with Crippen LogP contribution < -0.4 is 11.5 Å². The van der Waals surface area contributed by atoms with Gasteiger partial charge in [-0.2, -0.15) is 0 Å². The highest BCUT2D eigenvalue weighted by molar-refractivity contribution is 5.96. The smallest absolute Gasteiger partial charge is 0.253 e. The summed E-state index contributed by atoms with van der Waals surface area (Å²) in [4.78, 5) is 16.0. The van der Waals surface area contributed by atoms with E-state index >= 15 is 0 Å². The van der Waals surface area contributed by atoms with Crippen molar-refractivity contribution in [1.29, 1.82) is 0 Å². The van der Waals surface area contributed by atoms with Crippen LogP contribution in [0.5, 0.6) is 0 Å². The molecule has 0 bridgehead atoms. The van der Waals surface area contributed by atoms with E-state index in [2.05, 4.69) is 24.1 Å². The fourth-order valence-corrected chi connectivity index (χ4v) is 4.30. The molecule has 0 unspecified atom stereocenters. The number of hydrogen-bond donors (Lipinski definition) is 2. The third-order valence-electron chi connectivity index (χ3n) is 6.13. The Morgan fingerprint density at radius 2 is 1.41 bits per heavy atom. The van der Waals surface area contributed by atoms with E-state index in [0.717, 1.165) is 61.6 Å². The average molecular weight is 439 g/mol. The van der Waals surface area contributed by atoms with Crippen molar-refractivity contribution in [2.24, 2.45) is 0 Å². The first-order valence-electron chi connectivity index (χ1n) is 11.7. The average Bonchev–Trinajstić information content (AvgIpc) is 3.26. The molecule has 0 aliphatic carbocycles. The van der Waals surface area contributed by atoms with Crippen molar-refractivity contribution in [3.63, 3.8) is 0 Å². The van der Waals surface area contributed by atoms with Gasteiger partial charge in [0.2, 0.25) is 0 Å². The number of nitrogens with two attached hydrogens (primary N) is 2. The van der Waals surface area contributed by atoms with Gasteiger partial charge in [-0.15, -0.1) is 0 Å². The zero-order chi connectivity index (χ0) is 22.9. The second-order valence-electron chi connectivity index (χ2n) is 8.94. The summed E-state index contributed by atoms with van der Waals surface area (Å²) in [7, 11) is 4.01. The van der Waals surface area contributed by atoms with E-state index in [0.29, 0.717) is 0 Å². The maximum atomic E-state index is 11.8. The van der Waals surface area contributed by atoms with Crippen molar-refractivity contribution >= 4 is 17.3 Å². The van der Waals surface area contributed by atoms with Gasteiger partial charge >= 0.3 is 0 Å². The second kappa shape index (κ2) is 11.9. The minimum atomic E-state index is 0.109. The molecule has 1 fully saturated rings. The summed E-state index contributed by atoms with van der Waals surface area (Å²) in [5, 5.41) is 0. The number of aryl methyl sites for hydroxylation is 2. The van der Waals surface area contributed by atoms with E-state index in [9.17, 15) is 4.79 Å². The van der Waals surface area contributed by atoms with Gasteiger partial charge in [-0.05, 0) is 99.1 Å². The molecule has 6 nitrogen and oxygen atoms in total. The highest BCUT2D eigenvalue weighted by Crippen LogP contribution is 2.21. The van der Waals surface area contributed by atoms with E-state index in [1.54, 1.807) is 11.0 Å². The van der Waals surface area contributed by atoms with Crippen LogP contribution in [0.25, 0.3) is 0 Å². The number of carbonyl (C=O) groups excluding carboxylic acids is 1. The van der Waals surface area contributed by atoms with Crippen LogP contribution in [-0.2, 0) is 24.1 Å². The van der Waals surface area contributed by atoms with Gasteiger partial charge in [0.15, 0.2) is 0 Å². The number of ether oxygens (including phenoxy) is 1. The number of nitrogen functional groups attached to an aromatic ring is 2. The number of benzene rings is 2. The fourth-order valence-electron chi connectivity index (χ4n) is 4.30. The van der Waals surface area contributed by atoms with E-state index in [4.69, 9.17) is 16.2 Å². The lowest BCUT2D eigenvalue weighted by molar-refractivity contribution is 0.0800. The van der Waals surface area contributed by atoms with Gasteiger partial charge in [-0.1, -0.05) is 6.07 Å². The highest BCUT2D eigenvalue weighted by atomic mass is 16.5. The summed E-state index contributed by atoms with van der Waals surface area (Å²) in [6.07, 6.45) is 6.92. The van der Waals surface area contributed by atoms with Crippen LogP contribution in [0, 0.1) is 0 Å². The summed E-state index contributed by atoms with van der Waals surface area (Å²) >= 11 is 0. The monoisotopic (exact) mass is 438 g/mol. The molecule has 174 valence electrons. The lowest BCUT2D eigenvalue weighted by Gasteiger charge is -2.13. The van der Waals surface area contributed by atoms with Crippen molar-refractivity contribution < 1.29 is 9.53 Å². The summed E-state index contributed by atoms with van der Waals surface area (Å²) in [5.41, 5.74) is 17.8. The molecule has 32 heavy (non-hydrogen) atoms. The van der Waals surface area contributed by atoms with Gasteiger partial charge in [0.05, 0.1) is 0 Å². The van der Waals surface area contributed by atoms with Gasteiger partial charge in [-0.25, -0.2) is 0 Å². The molecule has 0 spiro atoms. The molecule has 0 saturated carbocycles. The molecule has 1 saturated heterocycles. The molecule has 0 aromatic heterocycles. The molecule has 3 aliphatic rings. The molecule has 2 aromatic rings. The molecule has 3 aliphatic heterocycles. The van der Waals surface area contributed by atoms with Crippen LogP contribution in [0.2, 0.25) is 0 Å². The third kappa shape index (κ3) is 6.97. The molecule has 6 heteroatoms. The Kier molecular flexibility index (Phi) is 8.94. The van der Waals surface area contributed by atoms with Gasteiger partial charge in [0.1, 0.15) is 0 Å². The number of anilines is 2. The molecule has 0 radical (unpaired) electrons. The van der Waals surface area contributed by atoms with Crippen LogP contribution in [0.1, 0.15) is 52.7 Å². The van der Waals surface area contributed by atoms with Crippen LogP contribution in [0.15, 0.2) is 36.4 Å². The molecule has 5 rings (SSSR count). The van der Waals surface area contributed by atoms with Crippen LogP contribution >= 0.6 is 0 Å². The lowest BCUT2D eigenvalue weighted by atomic mass is 10.0. The summed E-state index contributed by atoms with van der Waals surface area (Å²) in [5.74, 6) is 0.109. The molecule has 3 heterocycles. The van der Waals surface area contributed by atoms with Crippen LogP contribution in [0.3, 0.4) is 0 Å². The number of rotatable bonds is 0. The number of carbonyl (C=O) groups is 1. The Balaban J connectivity index is 0.000000149. The highest BCUT2D eigenvalue weighted by Gasteiger charge is 2.19. The molecular weight excluding hydrogens is 400 g/mol. The predicted molar refractivity (Wildman–Crippen MR) is 132 cm³/mol. The van der Waals surface area contributed by atoms with Gasteiger partial charge in [-0.3, -0.25) is 4.79 Å². The first-order valence-corrected chi connectivity index (χ1v) is 11.7. The zero-order valence-electron chi connectivity index (χ0n) is 19.6. The Morgan fingerprint density at radius 3 is 2.09 bits per heavy atom. The number of hydrogen-bond acceptors (Lipinski definition) is 5. The Bertz CT molecular complexity index is 888. The van der Waals surface area contributed by atoms with Gasteiger partial charge in [0, 0.05) is 50.3 Å². The summed E-state index contributed by atoms with van der Waals surface area (Å²) < 4.78 is 4.94. The van der Waals surface area contributed by atoms with Crippen molar-refractivity contribution in [3.05, 3.63) is 58.7 Å². The molecule has 2 aromatic carbocycles. The SMILES string of the molecule is C1CCOC1.CN1CCCc2cc(N)ccc2C1.CN1CCCc2cc(N)ccc2C1=O. The Hall–Kier alpha value is -2.57.